The first kappa shape index (κ1) is 17.2. The van der Waals surface area contributed by atoms with Gasteiger partial charge >= 0.3 is 0 Å². The van der Waals surface area contributed by atoms with E-state index < -0.39 is 0 Å². The molecule has 3 rings (SSSR count). The molecule has 0 amide bonds. The van der Waals surface area contributed by atoms with Crippen LogP contribution in [0.3, 0.4) is 0 Å². The SMILES string of the molecule is Cc1nc(SC(C)C(=O)c2c[nH]c3ccccc23)c(C#N)c(C)c1C. The number of H-pyrrole nitrogens is 1. The molecule has 25 heavy (non-hydrogen) atoms. The van der Waals surface area contributed by atoms with E-state index in [1.807, 2.05) is 52.0 Å². The molecular weight excluding hydrogens is 330 g/mol. The van der Waals surface area contributed by atoms with Crippen molar-refractivity contribution in [3.05, 3.63) is 58.4 Å². The minimum atomic E-state index is -0.333. The summed E-state index contributed by atoms with van der Waals surface area (Å²) >= 11 is 1.35. The number of nitriles is 1. The van der Waals surface area contributed by atoms with Gasteiger partial charge in [-0.2, -0.15) is 5.26 Å². The molecule has 0 aliphatic heterocycles. The molecule has 1 N–H and O–H groups in total. The summed E-state index contributed by atoms with van der Waals surface area (Å²) in [5.74, 6) is 0.0315. The normalized spacial score (nSPS) is 12.1. The summed E-state index contributed by atoms with van der Waals surface area (Å²) in [6, 6.07) is 9.99. The number of benzene rings is 1. The maximum Gasteiger partial charge on any atom is 0.178 e. The molecule has 3 aromatic rings. The Morgan fingerprint density at radius 1 is 1.24 bits per heavy atom. The first-order chi connectivity index (χ1) is 11.9. The number of Topliss-reactive ketones (excluding diaryl/α,β-unsaturated/α-hetero) is 1. The number of aromatic amines is 1. The number of aromatic nitrogens is 2. The van der Waals surface area contributed by atoms with Gasteiger partial charge in [0.15, 0.2) is 5.78 Å². The molecule has 1 aromatic carbocycles. The maximum atomic E-state index is 12.9. The molecule has 5 heteroatoms. The number of pyridine rings is 1. The molecule has 126 valence electrons. The van der Waals surface area contributed by atoms with Gasteiger partial charge in [-0.15, -0.1) is 0 Å². The van der Waals surface area contributed by atoms with Crippen molar-refractivity contribution in [2.45, 2.75) is 38.0 Å². The van der Waals surface area contributed by atoms with Crippen LogP contribution in [0.25, 0.3) is 10.9 Å². The Labute approximate surface area is 151 Å². The summed E-state index contributed by atoms with van der Waals surface area (Å²) in [7, 11) is 0. The highest BCUT2D eigenvalue weighted by Crippen LogP contribution is 2.31. The monoisotopic (exact) mass is 349 g/mol. The molecule has 0 aliphatic rings. The van der Waals surface area contributed by atoms with E-state index in [-0.39, 0.29) is 11.0 Å². The number of hydrogen-bond acceptors (Lipinski definition) is 4. The summed E-state index contributed by atoms with van der Waals surface area (Å²) in [4.78, 5) is 20.6. The molecular formula is C20H19N3OS. The van der Waals surface area contributed by atoms with Crippen molar-refractivity contribution in [2.24, 2.45) is 0 Å². The van der Waals surface area contributed by atoms with Gasteiger partial charge in [-0.1, -0.05) is 30.0 Å². The molecule has 0 spiro atoms. The second kappa shape index (κ2) is 6.73. The van der Waals surface area contributed by atoms with E-state index in [0.29, 0.717) is 16.2 Å². The highest BCUT2D eigenvalue weighted by Gasteiger charge is 2.23. The summed E-state index contributed by atoms with van der Waals surface area (Å²) in [6.45, 7) is 7.69. The molecule has 1 unspecified atom stereocenters. The molecule has 0 fully saturated rings. The zero-order valence-electron chi connectivity index (χ0n) is 14.7. The number of aryl methyl sites for hydroxylation is 1. The topological polar surface area (TPSA) is 69.5 Å². The van der Waals surface area contributed by atoms with Gasteiger partial charge in [0.2, 0.25) is 0 Å². The molecule has 0 radical (unpaired) electrons. The Kier molecular flexibility index (Phi) is 4.65. The van der Waals surface area contributed by atoms with Crippen molar-refractivity contribution >= 4 is 28.4 Å². The predicted octanol–water partition coefficient (Wildman–Crippen LogP) is 4.72. The van der Waals surface area contributed by atoms with Crippen LogP contribution in [-0.2, 0) is 0 Å². The van der Waals surface area contributed by atoms with Gasteiger partial charge in [-0.3, -0.25) is 4.79 Å². The zero-order chi connectivity index (χ0) is 18.1. The van der Waals surface area contributed by atoms with Crippen molar-refractivity contribution in [3.8, 4) is 6.07 Å². The van der Waals surface area contributed by atoms with E-state index in [4.69, 9.17) is 0 Å². The van der Waals surface area contributed by atoms with E-state index in [9.17, 15) is 10.1 Å². The number of fused-ring (bicyclic) bond motifs is 1. The molecule has 0 saturated heterocycles. The maximum absolute atomic E-state index is 12.9. The van der Waals surface area contributed by atoms with Crippen LogP contribution in [0, 0.1) is 32.1 Å². The van der Waals surface area contributed by atoms with Gasteiger partial charge in [0, 0.05) is 28.4 Å². The smallest absolute Gasteiger partial charge is 0.178 e. The number of rotatable bonds is 4. The number of para-hydroxylation sites is 1. The number of carbonyl (C=O) groups is 1. The van der Waals surface area contributed by atoms with E-state index in [2.05, 4.69) is 16.0 Å². The van der Waals surface area contributed by atoms with Crippen LogP contribution in [0.1, 0.15) is 39.7 Å². The molecule has 4 nitrogen and oxygen atoms in total. The first-order valence-electron chi connectivity index (χ1n) is 8.09. The van der Waals surface area contributed by atoms with Crippen molar-refractivity contribution in [2.75, 3.05) is 0 Å². The Morgan fingerprint density at radius 3 is 2.68 bits per heavy atom. The average molecular weight is 349 g/mol. The third kappa shape index (κ3) is 3.06. The van der Waals surface area contributed by atoms with E-state index >= 15 is 0 Å². The number of thioether (sulfide) groups is 1. The average Bonchev–Trinajstić information content (AvgIpc) is 3.03. The number of ketones is 1. The molecule has 0 bridgehead atoms. The van der Waals surface area contributed by atoms with Crippen LogP contribution in [0.5, 0.6) is 0 Å². The summed E-state index contributed by atoms with van der Waals surface area (Å²) < 4.78 is 0. The van der Waals surface area contributed by atoms with E-state index in [1.54, 1.807) is 6.20 Å². The summed E-state index contributed by atoms with van der Waals surface area (Å²) in [6.07, 6.45) is 1.76. The highest BCUT2D eigenvalue weighted by atomic mass is 32.2. The van der Waals surface area contributed by atoms with Crippen molar-refractivity contribution < 1.29 is 4.79 Å². The molecule has 2 aromatic heterocycles. The Bertz CT molecular complexity index is 1010. The fraction of sp³-hybridized carbons (Fsp3) is 0.250. The Balaban J connectivity index is 1.94. The van der Waals surface area contributed by atoms with Crippen LogP contribution < -0.4 is 0 Å². The molecule has 2 heterocycles. The number of carbonyl (C=O) groups excluding carboxylic acids is 1. The summed E-state index contributed by atoms with van der Waals surface area (Å²) in [5, 5.41) is 10.7. The lowest BCUT2D eigenvalue weighted by Gasteiger charge is -2.14. The largest absolute Gasteiger partial charge is 0.360 e. The van der Waals surface area contributed by atoms with E-state index in [0.717, 1.165) is 27.7 Å². The number of nitrogens with one attached hydrogen (secondary N) is 1. The van der Waals surface area contributed by atoms with Gasteiger partial charge < -0.3 is 4.98 Å². The lowest BCUT2D eigenvalue weighted by atomic mass is 10.1. The lowest BCUT2D eigenvalue weighted by Crippen LogP contribution is -2.14. The van der Waals surface area contributed by atoms with Crippen molar-refractivity contribution in [3.63, 3.8) is 0 Å². The third-order valence-corrected chi connectivity index (χ3v) is 5.67. The second-order valence-electron chi connectivity index (χ2n) is 6.11. The Hall–Kier alpha value is -2.58. The minimum absolute atomic E-state index is 0.0315. The fourth-order valence-electron chi connectivity index (χ4n) is 2.84. The second-order valence-corrected chi connectivity index (χ2v) is 7.44. The van der Waals surface area contributed by atoms with Crippen LogP contribution in [0.2, 0.25) is 0 Å². The molecule has 1 atom stereocenters. The standard InChI is InChI=1S/C20H19N3OS/c1-11-12(2)16(9-21)20(23-13(11)3)25-14(4)19(24)17-10-22-18-8-6-5-7-15(17)18/h5-8,10,14,22H,1-4H3. The number of hydrogen-bond donors (Lipinski definition) is 1. The van der Waals surface area contributed by atoms with Gasteiger partial charge in [0.1, 0.15) is 11.1 Å². The minimum Gasteiger partial charge on any atom is -0.360 e. The molecule has 0 aliphatic carbocycles. The Morgan fingerprint density at radius 2 is 1.96 bits per heavy atom. The summed E-state index contributed by atoms with van der Waals surface area (Å²) in [5.41, 5.74) is 5.04. The van der Waals surface area contributed by atoms with Gasteiger partial charge in [0.05, 0.1) is 10.8 Å². The molecule has 0 saturated carbocycles. The van der Waals surface area contributed by atoms with Gasteiger partial charge in [0.25, 0.3) is 0 Å². The fourth-order valence-corrected chi connectivity index (χ4v) is 3.92. The quantitative estimate of drug-likeness (QED) is 0.546. The van der Waals surface area contributed by atoms with Crippen LogP contribution in [0.4, 0.5) is 0 Å². The number of nitrogens with zero attached hydrogens (tertiary/aromatic N) is 2. The van der Waals surface area contributed by atoms with E-state index in [1.165, 1.54) is 11.8 Å². The van der Waals surface area contributed by atoms with Crippen LogP contribution in [-0.4, -0.2) is 21.0 Å². The zero-order valence-corrected chi connectivity index (χ0v) is 15.5. The lowest BCUT2D eigenvalue weighted by molar-refractivity contribution is 0.0995. The van der Waals surface area contributed by atoms with Gasteiger partial charge in [-0.05, 0) is 44.9 Å². The predicted molar refractivity (Wildman–Crippen MR) is 101 cm³/mol. The first-order valence-corrected chi connectivity index (χ1v) is 8.97. The van der Waals surface area contributed by atoms with Crippen molar-refractivity contribution in [1.82, 2.24) is 9.97 Å². The van der Waals surface area contributed by atoms with Gasteiger partial charge in [-0.25, -0.2) is 4.98 Å². The van der Waals surface area contributed by atoms with Crippen molar-refractivity contribution in [1.29, 1.82) is 5.26 Å². The van der Waals surface area contributed by atoms with Crippen LogP contribution >= 0.6 is 11.8 Å². The third-order valence-electron chi connectivity index (χ3n) is 4.59. The highest BCUT2D eigenvalue weighted by molar-refractivity contribution is 8.00. The van der Waals surface area contributed by atoms with Crippen LogP contribution in [0.15, 0.2) is 35.5 Å².